The summed E-state index contributed by atoms with van der Waals surface area (Å²) >= 11 is 0. The van der Waals surface area contributed by atoms with Crippen LogP contribution >= 0.6 is 0 Å². The van der Waals surface area contributed by atoms with E-state index >= 15 is 0 Å². The van der Waals surface area contributed by atoms with E-state index in [4.69, 9.17) is 10.9 Å². The molecule has 0 aliphatic carbocycles. The summed E-state index contributed by atoms with van der Waals surface area (Å²) in [5, 5.41) is 15.0. The highest BCUT2D eigenvalue weighted by molar-refractivity contribution is 5.97. The van der Waals surface area contributed by atoms with Crippen LogP contribution in [0.3, 0.4) is 0 Å². The third kappa shape index (κ3) is 4.68. The minimum atomic E-state index is -0.386. The van der Waals surface area contributed by atoms with Crippen molar-refractivity contribution in [2.45, 2.75) is 32.4 Å². The highest BCUT2D eigenvalue weighted by Gasteiger charge is 2.14. The third-order valence-electron chi connectivity index (χ3n) is 3.75. The number of nitrogens with two attached hydrogens (primary N) is 1. The molecule has 6 heteroatoms. The van der Waals surface area contributed by atoms with E-state index in [0.717, 1.165) is 12.1 Å². The number of halogens is 1. The Morgan fingerprint density at radius 3 is 2.81 bits per heavy atom. The fourth-order valence-electron chi connectivity index (χ4n) is 2.67. The number of amidine groups is 1. The zero-order valence-electron chi connectivity index (χ0n) is 12.3. The molecule has 0 radical (unpaired) electrons. The number of nitrogens with one attached hydrogen (secondary N) is 1. The van der Waals surface area contributed by atoms with Gasteiger partial charge in [0, 0.05) is 24.7 Å². The fraction of sp³-hybridized carbons (Fsp3) is 0.533. The zero-order chi connectivity index (χ0) is 15.2. The van der Waals surface area contributed by atoms with Gasteiger partial charge in [-0.05, 0) is 56.6 Å². The van der Waals surface area contributed by atoms with Gasteiger partial charge in [-0.1, -0.05) is 5.16 Å². The molecule has 1 fully saturated rings. The average molecular weight is 294 g/mol. The highest BCUT2D eigenvalue weighted by atomic mass is 19.1. The Morgan fingerprint density at radius 2 is 2.14 bits per heavy atom. The van der Waals surface area contributed by atoms with E-state index in [-0.39, 0.29) is 11.7 Å². The van der Waals surface area contributed by atoms with E-state index in [9.17, 15) is 4.39 Å². The molecule has 1 aliphatic rings. The van der Waals surface area contributed by atoms with Crippen molar-refractivity contribution in [3.05, 3.63) is 35.1 Å². The second kappa shape index (κ2) is 7.38. The Labute approximate surface area is 124 Å². The van der Waals surface area contributed by atoms with E-state index in [1.807, 2.05) is 0 Å². The summed E-state index contributed by atoms with van der Waals surface area (Å²) in [6.07, 6.45) is 2.56. The molecule has 0 aromatic heterocycles. The molecular formula is C15H23FN4O. The van der Waals surface area contributed by atoms with E-state index in [1.165, 1.54) is 38.1 Å². The van der Waals surface area contributed by atoms with Gasteiger partial charge in [-0.2, -0.15) is 0 Å². The van der Waals surface area contributed by atoms with Crippen LogP contribution in [0.2, 0.25) is 0 Å². The number of benzene rings is 1. The van der Waals surface area contributed by atoms with Gasteiger partial charge >= 0.3 is 0 Å². The normalized spacial score (nSPS) is 18.1. The van der Waals surface area contributed by atoms with Crippen LogP contribution in [-0.2, 0) is 6.54 Å². The zero-order valence-corrected chi connectivity index (χ0v) is 12.3. The maximum absolute atomic E-state index is 13.5. The fourth-order valence-corrected chi connectivity index (χ4v) is 2.67. The lowest BCUT2D eigenvalue weighted by atomic mass is 10.1. The molecule has 4 N–H and O–H groups in total. The van der Waals surface area contributed by atoms with Gasteiger partial charge in [-0.25, -0.2) is 4.39 Å². The minimum absolute atomic E-state index is 0.0825. The Kier molecular flexibility index (Phi) is 5.52. The first kappa shape index (κ1) is 15.7. The van der Waals surface area contributed by atoms with Crippen LogP contribution in [0.1, 0.15) is 30.9 Å². The van der Waals surface area contributed by atoms with Gasteiger partial charge in [0.05, 0.1) is 0 Å². The van der Waals surface area contributed by atoms with Gasteiger partial charge in [0.15, 0.2) is 5.84 Å². The van der Waals surface area contributed by atoms with Gasteiger partial charge < -0.3 is 21.2 Å². The SMILES string of the molecule is CC(CN1CCCC1)NCc1cc(F)cc(/C(N)=N/O)c1. The van der Waals surface area contributed by atoms with Gasteiger partial charge in [-0.15, -0.1) is 0 Å². The quantitative estimate of drug-likeness (QED) is 0.322. The first-order valence-electron chi connectivity index (χ1n) is 7.31. The van der Waals surface area contributed by atoms with Gasteiger partial charge in [0.1, 0.15) is 5.82 Å². The van der Waals surface area contributed by atoms with Crippen molar-refractivity contribution in [1.82, 2.24) is 10.2 Å². The van der Waals surface area contributed by atoms with Crippen LogP contribution in [0.15, 0.2) is 23.4 Å². The summed E-state index contributed by atoms with van der Waals surface area (Å²) in [6.45, 7) is 6.02. The first-order chi connectivity index (χ1) is 10.1. The Balaban J connectivity index is 1.91. The predicted octanol–water partition coefficient (Wildman–Crippen LogP) is 1.49. The van der Waals surface area contributed by atoms with Crippen LogP contribution in [0.5, 0.6) is 0 Å². The molecule has 1 unspecified atom stereocenters. The second-order valence-corrected chi connectivity index (χ2v) is 5.62. The molecule has 0 saturated carbocycles. The standard InChI is InChI=1S/C15H23FN4O/c1-11(10-20-4-2-3-5-20)18-9-12-6-13(15(17)19-21)8-14(16)7-12/h6-8,11,18,21H,2-5,9-10H2,1H3,(H2,17,19). The predicted molar refractivity (Wildman–Crippen MR) is 80.9 cm³/mol. The average Bonchev–Trinajstić information content (AvgIpc) is 2.96. The molecular weight excluding hydrogens is 271 g/mol. The van der Waals surface area contributed by atoms with E-state index in [0.29, 0.717) is 18.2 Å². The summed E-state index contributed by atoms with van der Waals surface area (Å²) in [5.41, 5.74) is 6.68. The van der Waals surface area contributed by atoms with Crippen molar-refractivity contribution >= 4 is 5.84 Å². The highest BCUT2D eigenvalue weighted by Crippen LogP contribution is 2.11. The molecule has 5 nitrogen and oxygen atoms in total. The molecule has 1 atom stereocenters. The summed E-state index contributed by atoms with van der Waals surface area (Å²) in [7, 11) is 0. The van der Waals surface area contributed by atoms with Crippen molar-refractivity contribution in [3.63, 3.8) is 0 Å². The van der Waals surface area contributed by atoms with Crippen LogP contribution in [0.4, 0.5) is 4.39 Å². The lowest BCUT2D eigenvalue weighted by molar-refractivity contribution is 0.298. The molecule has 116 valence electrons. The Morgan fingerprint density at radius 1 is 1.43 bits per heavy atom. The molecule has 1 aromatic carbocycles. The second-order valence-electron chi connectivity index (χ2n) is 5.62. The van der Waals surface area contributed by atoms with Gasteiger partial charge in [0.25, 0.3) is 0 Å². The van der Waals surface area contributed by atoms with E-state index in [1.54, 1.807) is 6.07 Å². The van der Waals surface area contributed by atoms with Crippen molar-refractivity contribution < 1.29 is 9.60 Å². The summed E-state index contributed by atoms with van der Waals surface area (Å²) in [6, 6.07) is 4.78. The van der Waals surface area contributed by atoms with E-state index < -0.39 is 0 Å². The number of hydrogen-bond acceptors (Lipinski definition) is 4. The molecule has 1 aromatic rings. The Hall–Kier alpha value is -1.66. The number of hydrogen-bond donors (Lipinski definition) is 3. The first-order valence-corrected chi connectivity index (χ1v) is 7.31. The number of rotatable bonds is 6. The van der Waals surface area contributed by atoms with Crippen LogP contribution < -0.4 is 11.1 Å². The topological polar surface area (TPSA) is 73.9 Å². The maximum atomic E-state index is 13.5. The van der Waals surface area contributed by atoms with Crippen molar-refractivity contribution in [3.8, 4) is 0 Å². The van der Waals surface area contributed by atoms with Crippen LogP contribution in [0, 0.1) is 5.82 Å². The minimum Gasteiger partial charge on any atom is -0.409 e. The van der Waals surface area contributed by atoms with Crippen LogP contribution in [-0.4, -0.2) is 41.6 Å². The molecule has 0 bridgehead atoms. The summed E-state index contributed by atoms with van der Waals surface area (Å²) in [4.78, 5) is 2.44. The van der Waals surface area contributed by atoms with Crippen molar-refractivity contribution in [1.29, 1.82) is 0 Å². The molecule has 1 heterocycles. The van der Waals surface area contributed by atoms with Crippen molar-refractivity contribution in [2.24, 2.45) is 10.9 Å². The lowest BCUT2D eigenvalue weighted by Gasteiger charge is -2.21. The molecule has 2 rings (SSSR count). The number of oxime groups is 1. The Bertz CT molecular complexity index is 500. The molecule has 0 amide bonds. The van der Waals surface area contributed by atoms with Crippen molar-refractivity contribution in [2.75, 3.05) is 19.6 Å². The largest absolute Gasteiger partial charge is 0.409 e. The van der Waals surface area contributed by atoms with Gasteiger partial charge in [-0.3, -0.25) is 0 Å². The van der Waals surface area contributed by atoms with Crippen LogP contribution in [0.25, 0.3) is 0 Å². The molecule has 1 aliphatic heterocycles. The molecule has 1 saturated heterocycles. The smallest absolute Gasteiger partial charge is 0.170 e. The number of likely N-dealkylation sites (tertiary alicyclic amines) is 1. The van der Waals surface area contributed by atoms with E-state index in [2.05, 4.69) is 22.3 Å². The number of nitrogens with zero attached hydrogens (tertiary/aromatic N) is 2. The molecule has 21 heavy (non-hydrogen) atoms. The molecule has 0 spiro atoms. The third-order valence-corrected chi connectivity index (χ3v) is 3.75. The lowest BCUT2D eigenvalue weighted by Crippen LogP contribution is -2.37. The monoisotopic (exact) mass is 294 g/mol. The summed E-state index contributed by atoms with van der Waals surface area (Å²) < 4.78 is 13.5. The maximum Gasteiger partial charge on any atom is 0.170 e. The van der Waals surface area contributed by atoms with Gasteiger partial charge in [0.2, 0.25) is 0 Å². The summed E-state index contributed by atoms with van der Waals surface area (Å²) in [5.74, 6) is -0.469.